The molecule has 0 aromatic rings. The van der Waals surface area contributed by atoms with E-state index in [1.807, 2.05) is 14.1 Å². The minimum absolute atomic E-state index is 0.183. The van der Waals surface area contributed by atoms with Crippen LogP contribution in [0.3, 0.4) is 0 Å². The zero-order valence-electron chi connectivity index (χ0n) is 12.8. The quantitative estimate of drug-likeness (QED) is 0.786. The molecule has 0 aliphatic carbocycles. The lowest BCUT2D eigenvalue weighted by molar-refractivity contribution is 0.289. The van der Waals surface area contributed by atoms with E-state index in [4.69, 9.17) is 0 Å². The van der Waals surface area contributed by atoms with E-state index in [0.29, 0.717) is 18.2 Å². The number of sulfonamides is 1. The van der Waals surface area contributed by atoms with Crippen LogP contribution in [0.5, 0.6) is 0 Å². The fraction of sp³-hybridized carbons (Fsp3) is 1.00. The van der Waals surface area contributed by atoms with Crippen molar-refractivity contribution < 1.29 is 8.42 Å². The molecular weight excluding hydrogens is 274 g/mol. The van der Waals surface area contributed by atoms with Crippen molar-refractivity contribution in [3.05, 3.63) is 0 Å². The fourth-order valence-corrected chi connectivity index (χ4v) is 5.28. The maximum Gasteiger partial charge on any atom is 0.214 e. The zero-order chi connectivity index (χ0) is 14.6. The molecule has 6 heteroatoms. The third kappa shape index (κ3) is 4.41. The van der Waals surface area contributed by atoms with Gasteiger partial charge in [0.25, 0.3) is 0 Å². The second kappa shape index (κ2) is 7.20. The van der Waals surface area contributed by atoms with Crippen LogP contribution in [-0.4, -0.2) is 69.7 Å². The molecule has 2 saturated heterocycles. The molecule has 0 spiro atoms. The lowest BCUT2D eigenvalue weighted by atomic mass is 9.96. The van der Waals surface area contributed by atoms with Crippen LogP contribution in [0.2, 0.25) is 0 Å². The Morgan fingerprint density at radius 2 is 1.90 bits per heavy atom. The summed E-state index contributed by atoms with van der Waals surface area (Å²) in [7, 11) is 0.956. The molecular formula is C14H29N3O2S. The van der Waals surface area contributed by atoms with Gasteiger partial charge in [-0.15, -0.1) is 0 Å². The topological polar surface area (TPSA) is 52.7 Å². The Kier molecular flexibility index (Phi) is 5.84. The van der Waals surface area contributed by atoms with Crippen LogP contribution >= 0.6 is 0 Å². The minimum Gasteiger partial charge on any atom is -0.317 e. The van der Waals surface area contributed by atoms with Gasteiger partial charge in [-0.1, -0.05) is 0 Å². The molecule has 0 aromatic heterocycles. The van der Waals surface area contributed by atoms with E-state index in [0.717, 1.165) is 51.7 Å². The second-order valence-electron chi connectivity index (χ2n) is 6.47. The number of rotatable bonds is 6. The summed E-state index contributed by atoms with van der Waals surface area (Å²) < 4.78 is 26.9. The van der Waals surface area contributed by atoms with E-state index in [1.165, 1.54) is 0 Å². The first-order valence-electron chi connectivity index (χ1n) is 7.84. The Labute approximate surface area is 123 Å². The molecule has 1 unspecified atom stereocenters. The van der Waals surface area contributed by atoms with E-state index >= 15 is 0 Å². The van der Waals surface area contributed by atoms with Crippen molar-refractivity contribution in [3.63, 3.8) is 0 Å². The molecule has 2 fully saturated rings. The Bertz CT molecular complexity index is 391. The molecule has 2 rings (SSSR count). The Hall–Kier alpha value is -0.170. The number of piperidine rings is 1. The number of hydrogen-bond acceptors (Lipinski definition) is 4. The molecule has 2 heterocycles. The minimum atomic E-state index is -3.07. The number of hydrogen-bond donors (Lipinski definition) is 1. The number of nitrogens with zero attached hydrogens (tertiary/aromatic N) is 2. The maximum atomic E-state index is 12.6. The molecule has 5 nitrogen and oxygen atoms in total. The van der Waals surface area contributed by atoms with Gasteiger partial charge in [0.1, 0.15) is 0 Å². The van der Waals surface area contributed by atoms with E-state index in [2.05, 4.69) is 10.2 Å². The van der Waals surface area contributed by atoms with Gasteiger partial charge in [-0.2, -0.15) is 4.31 Å². The molecule has 2 aliphatic rings. The Morgan fingerprint density at radius 3 is 2.55 bits per heavy atom. The molecule has 2 aliphatic heterocycles. The number of likely N-dealkylation sites (N-methyl/N-ethyl adjacent to an activating group) is 1. The largest absolute Gasteiger partial charge is 0.317 e. The summed E-state index contributed by atoms with van der Waals surface area (Å²) in [4.78, 5) is 2.09. The first-order valence-corrected chi connectivity index (χ1v) is 9.45. The third-order valence-corrected chi connectivity index (χ3v) is 6.45. The average molecular weight is 303 g/mol. The zero-order valence-corrected chi connectivity index (χ0v) is 13.7. The third-order valence-electron chi connectivity index (χ3n) is 4.50. The van der Waals surface area contributed by atoms with Crippen LogP contribution in [0, 0.1) is 5.92 Å². The molecule has 20 heavy (non-hydrogen) atoms. The summed E-state index contributed by atoms with van der Waals surface area (Å²) >= 11 is 0. The highest BCUT2D eigenvalue weighted by molar-refractivity contribution is 7.89. The molecule has 0 bridgehead atoms. The average Bonchev–Trinajstić information content (AvgIpc) is 2.86. The molecule has 1 atom stereocenters. The van der Waals surface area contributed by atoms with Gasteiger partial charge in [0, 0.05) is 19.1 Å². The normalized spacial score (nSPS) is 26.4. The van der Waals surface area contributed by atoms with Gasteiger partial charge in [-0.25, -0.2) is 8.42 Å². The summed E-state index contributed by atoms with van der Waals surface area (Å²) in [6.45, 7) is 3.63. The predicted octanol–water partition coefficient (Wildman–Crippen LogP) is 0.732. The molecule has 0 aromatic carbocycles. The van der Waals surface area contributed by atoms with Gasteiger partial charge in [-0.05, 0) is 65.2 Å². The standard InChI is InChI=1S/C14H29N3O2S/c1-16(2)12-14-4-3-10-17(14)20(18,19)11-7-13-5-8-15-9-6-13/h13-15H,3-12H2,1-2H3. The molecule has 0 radical (unpaired) electrons. The highest BCUT2D eigenvalue weighted by Crippen LogP contribution is 2.24. The van der Waals surface area contributed by atoms with Gasteiger partial charge < -0.3 is 10.2 Å². The van der Waals surface area contributed by atoms with Gasteiger partial charge in [0.05, 0.1) is 5.75 Å². The van der Waals surface area contributed by atoms with Gasteiger partial charge >= 0.3 is 0 Å². The van der Waals surface area contributed by atoms with Crippen molar-refractivity contribution in [1.29, 1.82) is 0 Å². The van der Waals surface area contributed by atoms with E-state index in [9.17, 15) is 8.42 Å². The van der Waals surface area contributed by atoms with Crippen LogP contribution in [-0.2, 0) is 10.0 Å². The first-order chi connectivity index (χ1) is 9.49. The summed E-state index contributed by atoms with van der Waals surface area (Å²) in [6, 6.07) is 0.183. The number of nitrogens with one attached hydrogen (secondary N) is 1. The van der Waals surface area contributed by atoms with E-state index in [1.54, 1.807) is 4.31 Å². The summed E-state index contributed by atoms with van der Waals surface area (Å²) in [6.07, 6.45) is 5.08. The van der Waals surface area contributed by atoms with Crippen molar-refractivity contribution in [3.8, 4) is 0 Å². The second-order valence-corrected chi connectivity index (χ2v) is 8.51. The van der Waals surface area contributed by atoms with Crippen molar-refractivity contribution in [1.82, 2.24) is 14.5 Å². The molecule has 0 amide bonds. The van der Waals surface area contributed by atoms with Gasteiger partial charge in [0.2, 0.25) is 10.0 Å². The summed E-state index contributed by atoms with van der Waals surface area (Å²) in [5.41, 5.74) is 0. The fourth-order valence-electron chi connectivity index (χ4n) is 3.38. The van der Waals surface area contributed by atoms with Crippen molar-refractivity contribution >= 4 is 10.0 Å². The maximum absolute atomic E-state index is 12.6. The van der Waals surface area contributed by atoms with Gasteiger partial charge in [-0.3, -0.25) is 0 Å². The Balaban J connectivity index is 1.88. The van der Waals surface area contributed by atoms with Crippen LogP contribution in [0.4, 0.5) is 0 Å². The Morgan fingerprint density at radius 1 is 1.20 bits per heavy atom. The summed E-state index contributed by atoms with van der Waals surface area (Å²) in [5, 5.41) is 3.33. The summed E-state index contributed by atoms with van der Waals surface area (Å²) in [5.74, 6) is 0.919. The van der Waals surface area contributed by atoms with Crippen LogP contribution in [0.15, 0.2) is 0 Å². The highest BCUT2D eigenvalue weighted by atomic mass is 32.2. The highest BCUT2D eigenvalue weighted by Gasteiger charge is 2.34. The van der Waals surface area contributed by atoms with Crippen LogP contribution in [0.25, 0.3) is 0 Å². The first kappa shape index (κ1) is 16.2. The van der Waals surface area contributed by atoms with E-state index < -0.39 is 10.0 Å². The predicted molar refractivity (Wildman–Crippen MR) is 82.3 cm³/mol. The van der Waals surface area contributed by atoms with Crippen LogP contribution < -0.4 is 5.32 Å². The van der Waals surface area contributed by atoms with Gasteiger partial charge in [0.15, 0.2) is 0 Å². The smallest absolute Gasteiger partial charge is 0.214 e. The van der Waals surface area contributed by atoms with Crippen molar-refractivity contribution in [2.45, 2.75) is 38.1 Å². The lowest BCUT2D eigenvalue weighted by Gasteiger charge is -2.28. The van der Waals surface area contributed by atoms with Crippen molar-refractivity contribution in [2.24, 2.45) is 5.92 Å². The molecule has 0 saturated carbocycles. The van der Waals surface area contributed by atoms with E-state index in [-0.39, 0.29) is 6.04 Å². The van der Waals surface area contributed by atoms with Crippen molar-refractivity contribution in [2.75, 3.05) is 46.0 Å². The monoisotopic (exact) mass is 303 g/mol. The molecule has 118 valence electrons. The SMILES string of the molecule is CN(C)CC1CCCN1S(=O)(=O)CCC1CCNCC1. The lowest BCUT2D eigenvalue weighted by Crippen LogP contribution is -2.42. The molecule has 1 N–H and O–H groups in total. The van der Waals surface area contributed by atoms with Crippen LogP contribution in [0.1, 0.15) is 32.1 Å².